The van der Waals surface area contributed by atoms with Crippen molar-refractivity contribution in [1.82, 2.24) is 15.2 Å². The molecule has 0 unspecified atom stereocenters. The maximum atomic E-state index is 12.4. The average molecular weight is 438 g/mol. The summed E-state index contributed by atoms with van der Waals surface area (Å²) in [5, 5.41) is 21.3. The monoisotopic (exact) mass is 437 g/mol. The third-order valence-corrected chi connectivity index (χ3v) is 6.22. The van der Waals surface area contributed by atoms with Crippen LogP contribution in [0.25, 0.3) is 22.9 Å². The number of hydrogen-bond acceptors (Lipinski definition) is 9. The molecule has 4 rings (SSSR count). The number of amides is 1. The van der Waals surface area contributed by atoms with Gasteiger partial charge in [0, 0.05) is 4.88 Å². The third kappa shape index (κ3) is 3.98. The third-order valence-electron chi connectivity index (χ3n) is 4.26. The molecule has 0 saturated carbocycles. The van der Waals surface area contributed by atoms with E-state index in [1.54, 1.807) is 36.8 Å². The molecule has 150 valence electrons. The van der Waals surface area contributed by atoms with Crippen molar-refractivity contribution in [3.63, 3.8) is 0 Å². The molecule has 0 radical (unpaired) electrons. The molecule has 1 N–H and O–H groups in total. The number of nitriles is 1. The molecular weight excluding hydrogens is 422 g/mol. The lowest BCUT2D eigenvalue weighted by Gasteiger charge is -2.06. The van der Waals surface area contributed by atoms with E-state index in [0.29, 0.717) is 38.6 Å². The van der Waals surface area contributed by atoms with Gasteiger partial charge in [0.2, 0.25) is 11.1 Å². The van der Waals surface area contributed by atoms with Gasteiger partial charge < -0.3 is 14.2 Å². The van der Waals surface area contributed by atoms with Gasteiger partial charge in [-0.15, -0.1) is 21.5 Å². The average Bonchev–Trinajstić information content (AvgIpc) is 3.50. The van der Waals surface area contributed by atoms with E-state index in [-0.39, 0.29) is 11.7 Å². The number of furan rings is 2. The van der Waals surface area contributed by atoms with Crippen molar-refractivity contribution in [1.29, 1.82) is 5.26 Å². The van der Waals surface area contributed by atoms with Gasteiger partial charge in [-0.3, -0.25) is 4.79 Å². The Morgan fingerprint density at radius 3 is 2.50 bits per heavy atom. The van der Waals surface area contributed by atoms with E-state index in [0.717, 1.165) is 22.2 Å². The van der Waals surface area contributed by atoms with Crippen molar-refractivity contribution in [3.8, 4) is 29.0 Å². The minimum Gasteiger partial charge on any atom is -0.463 e. The summed E-state index contributed by atoms with van der Waals surface area (Å²) in [7, 11) is 0. The van der Waals surface area contributed by atoms with Crippen LogP contribution in [0.3, 0.4) is 0 Å². The van der Waals surface area contributed by atoms with Crippen molar-refractivity contribution in [2.75, 3.05) is 11.1 Å². The summed E-state index contributed by atoms with van der Waals surface area (Å²) in [6.07, 6.45) is 3.08. The topological polar surface area (TPSA) is 118 Å². The normalized spacial score (nSPS) is 10.7. The number of thioether (sulfide) groups is 1. The van der Waals surface area contributed by atoms with Crippen LogP contribution >= 0.6 is 23.1 Å². The first-order valence-corrected chi connectivity index (χ1v) is 10.6. The first-order valence-electron chi connectivity index (χ1n) is 8.82. The molecule has 0 aliphatic carbocycles. The van der Waals surface area contributed by atoms with Crippen molar-refractivity contribution in [2.45, 2.75) is 19.0 Å². The number of aromatic nitrogens is 3. The molecule has 0 atom stereocenters. The quantitative estimate of drug-likeness (QED) is 0.432. The summed E-state index contributed by atoms with van der Waals surface area (Å²) >= 11 is 2.53. The fourth-order valence-electron chi connectivity index (χ4n) is 2.68. The fourth-order valence-corrected chi connectivity index (χ4v) is 4.29. The number of aryl methyl sites for hydroxylation is 1. The van der Waals surface area contributed by atoms with Gasteiger partial charge in [-0.2, -0.15) is 5.26 Å². The van der Waals surface area contributed by atoms with Crippen LogP contribution in [0.1, 0.15) is 16.0 Å². The largest absolute Gasteiger partial charge is 0.463 e. The Hall–Kier alpha value is -3.42. The summed E-state index contributed by atoms with van der Waals surface area (Å²) < 4.78 is 10.9. The summed E-state index contributed by atoms with van der Waals surface area (Å²) in [6, 6.07) is 9.17. The first-order chi connectivity index (χ1) is 14.6. The Balaban J connectivity index is 1.52. The zero-order valence-corrected chi connectivity index (χ0v) is 17.6. The molecule has 30 heavy (non-hydrogen) atoms. The molecule has 0 saturated heterocycles. The smallest absolute Gasteiger partial charge is 0.235 e. The van der Waals surface area contributed by atoms with Crippen LogP contribution in [0, 0.1) is 25.2 Å². The molecule has 4 aromatic heterocycles. The highest BCUT2D eigenvalue weighted by atomic mass is 32.2. The fraction of sp³-hybridized carbons (Fsp3) is 0.150. The van der Waals surface area contributed by atoms with Crippen LogP contribution in [0.15, 0.2) is 50.8 Å². The summed E-state index contributed by atoms with van der Waals surface area (Å²) in [6.45, 7) is 3.78. The highest BCUT2D eigenvalue weighted by Crippen LogP contribution is 2.32. The van der Waals surface area contributed by atoms with E-state index in [2.05, 4.69) is 26.6 Å². The molecule has 8 nitrogen and oxygen atoms in total. The molecule has 0 spiro atoms. The van der Waals surface area contributed by atoms with Gasteiger partial charge in [0.25, 0.3) is 0 Å². The predicted octanol–water partition coefficient (Wildman–Crippen LogP) is 4.67. The Kier molecular flexibility index (Phi) is 5.65. The standard InChI is InChI=1S/C20H15N5O3S2/c1-11-12(2)30-19(13(11)9-21)22-16(26)10-29-20-23-17(14-5-3-7-27-14)18(24-25-20)15-6-4-8-28-15/h3-8H,10H2,1-2H3,(H,22,26). The zero-order chi connectivity index (χ0) is 21.1. The van der Waals surface area contributed by atoms with Crippen LogP contribution in [0.2, 0.25) is 0 Å². The molecule has 10 heteroatoms. The minimum atomic E-state index is -0.254. The van der Waals surface area contributed by atoms with Gasteiger partial charge in [-0.05, 0) is 43.7 Å². The summed E-state index contributed by atoms with van der Waals surface area (Å²) in [4.78, 5) is 17.9. The van der Waals surface area contributed by atoms with Crippen LogP contribution in [-0.4, -0.2) is 26.8 Å². The van der Waals surface area contributed by atoms with Gasteiger partial charge in [-0.25, -0.2) is 4.98 Å². The molecule has 0 aliphatic rings. The second-order valence-electron chi connectivity index (χ2n) is 6.18. The van der Waals surface area contributed by atoms with E-state index in [4.69, 9.17) is 8.83 Å². The molecular formula is C20H15N5O3S2. The van der Waals surface area contributed by atoms with Crippen molar-refractivity contribution in [3.05, 3.63) is 52.8 Å². The molecule has 4 aromatic rings. The highest BCUT2D eigenvalue weighted by molar-refractivity contribution is 7.99. The van der Waals surface area contributed by atoms with Crippen molar-refractivity contribution in [2.24, 2.45) is 0 Å². The Labute approximate surface area is 180 Å². The Bertz CT molecular complexity index is 1220. The number of carbonyl (C=O) groups is 1. The van der Waals surface area contributed by atoms with Crippen LogP contribution < -0.4 is 5.32 Å². The number of hydrogen-bond donors (Lipinski definition) is 1. The van der Waals surface area contributed by atoms with Gasteiger partial charge in [0.1, 0.15) is 16.8 Å². The van der Waals surface area contributed by atoms with E-state index in [9.17, 15) is 10.1 Å². The van der Waals surface area contributed by atoms with Gasteiger partial charge in [-0.1, -0.05) is 11.8 Å². The lowest BCUT2D eigenvalue weighted by molar-refractivity contribution is -0.113. The molecule has 0 bridgehead atoms. The van der Waals surface area contributed by atoms with Crippen molar-refractivity contribution >= 4 is 34.0 Å². The summed E-state index contributed by atoms with van der Waals surface area (Å²) in [5.74, 6) is 0.852. The van der Waals surface area contributed by atoms with E-state index in [1.165, 1.54) is 11.3 Å². The number of carbonyl (C=O) groups excluding carboxylic acids is 1. The number of nitrogens with zero attached hydrogens (tertiary/aromatic N) is 4. The second kappa shape index (κ2) is 8.52. The molecule has 4 heterocycles. The van der Waals surface area contributed by atoms with Gasteiger partial charge in [0.05, 0.1) is 23.8 Å². The molecule has 0 aliphatic heterocycles. The van der Waals surface area contributed by atoms with Crippen molar-refractivity contribution < 1.29 is 13.6 Å². The maximum absolute atomic E-state index is 12.4. The van der Waals surface area contributed by atoms with Crippen LogP contribution in [0.5, 0.6) is 0 Å². The Morgan fingerprint density at radius 2 is 1.87 bits per heavy atom. The number of thiophene rings is 1. The number of anilines is 1. The SMILES string of the molecule is Cc1sc(NC(=O)CSc2nnc(-c3ccco3)c(-c3ccco3)n2)c(C#N)c1C. The lowest BCUT2D eigenvalue weighted by atomic mass is 10.2. The molecule has 1 amide bonds. The van der Waals surface area contributed by atoms with Crippen LogP contribution in [-0.2, 0) is 4.79 Å². The number of nitrogens with one attached hydrogen (secondary N) is 1. The van der Waals surface area contributed by atoms with Gasteiger partial charge >= 0.3 is 0 Å². The predicted molar refractivity (Wildman–Crippen MR) is 113 cm³/mol. The van der Waals surface area contributed by atoms with Gasteiger partial charge in [0.15, 0.2) is 17.2 Å². The van der Waals surface area contributed by atoms with E-state index >= 15 is 0 Å². The second-order valence-corrected chi connectivity index (χ2v) is 8.35. The highest BCUT2D eigenvalue weighted by Gasteiger charge is 2.19. The maximum Gasteiger partial charge on any atom is 0.235 e. The first kappa shape index (κ1) is 19.9. The Morgan fingerprint density at radius 1 is 1.17 bits per heavy atom. The lowest BCUT2D eigenvalue weighted by Crippen LogP contribution is -2.14. The van der Waals surface area contributed by atoms with E-state index < -0.39 is 0 Å². The molecule has 0 fully saturated rings. The zero-order valence-electron chi connectivity index (χ0n) is 16.0. The van der Waals surface area contributed by atoms with E-state index in [1.807, 2.05) is 13.8 Å². The summed E-state index contributed by atoms with van der Waals surface area (Å²) in [5.41, 5.74) is 2.31. The van der Waals surface area contributed by atoms with Crippen LogP contribution in [0.4, 0.5) is 5.00 Å². The minimum absolute atomic E-state index is 0.0697. The number of rotatable bonds is 6. The molecule has 0 aromatic carbocycles.